The first-order chi connectivity index (χ1) is 8.10. The molecule has 1 aromatic rings. The van der Waals surface area contributed by atoms with Gasteiger partial charge in [-0.3, -0.25) is 0 Å². The molecule has 1 aromatic heterocycles. The highest BCUT2D eigenvalue weighted by atomic mass is 79.9. The molecule has 2 nitrogen and oxygen atoms in total. The maximum Gasteiger partial charge on any atom is 0.0812 e. The third-order valence-corrected chi connectivity index (χ3v) is 5.58. The van der Waals surface area contributed by atoms with Gasteiger partial charge in [0.2, 0.25) is 0 Å². The molecule has 1 fully saturated rings. The number of halogens is 2. The summed E-state index contributed by atoms with van der Waals surface area (Å²) in [7, 11) is 0. The first-order valence-corrected chi connectivity index (χ1v) is 8.24. The molecule has 1 aliphatic carbocycles. The summed E-state index contributed by atoms with van der Waals surface area (Å²) in [5.41, 5.74) is 1.00. The van der Waals surface area contributed by atoms with Gasteiger partial charge in [0.05, 0.1) is 19.8 Å². The average Bonchev–Trinajstić information content (AvgIpc) is 2.54. The zero-order chi connectivity index (χ0) is 12.4. The highest BCUT2D eigenvalue weighted by Crippen LogP contribution is 2.41. The van der Waals surface area contributed by atoms with E-state index in [9.17, 15) is 5.11 Å². The predicted octanol–water partition coefficient (Wildman–Crippen LogP) is 4.51. The monoisotopic (exact) mass is 382 g/mol. The Morgan fingerprint density at radius 3 is 2.76 bits per heavy atom. The highest BCUT2D eigenvalue weighted by molar-refractivity contribution is 9.12. The summed E-state index contributed by atoms with van der Waals surface area (Å²) in [4.78, 5) is 0. The Morgan fingerprint density at radius 2 is 2.24 bits per heavy atom. The lowest BCUT2D eigenvalue weighted by molar-refractivity contribution is -0.0380. The average molecular weight is 384 g/mol. The molecule has 17 heavy (non-hydrogen) atoms. The number of ether oxygens (including phenoxy) is 1. The minimum Gasteiger partial charge on any atom is -0.388 e. The molecular formula is C12H16Br2O2S. The third-order valence-electron chi connectivity index (χ3n) is 3.19. The first-order valence-electron chi connectivity index (χ1n) is 5.84. The van der Waals surface area contributed by atoms with Crippen molar-refractivity contribution in [1.82, 2.24) is 0 Å². The Kier molecular flexibility index (Phi) is 5.06. The summed E-state index contributed by atoms with van der Waals surface area (Å²) in [5, 5.41) is 10.2. The quantitative estimate of drug-likeness (QED) is 0.810. The molecule has 0 aromatic carbocycles. The molecule has 1 unspecified atom stereocenters. The fourth-order valence-corrected chi connectivity index (χ4v) is 5.22. The number of hydrogen-bond donors (Lipinski definition) is 1. The van der Waals surface area contributed by atoms with E-state index in [1.807, 2.05) is 13.0 Å². The van der Waals surface area contributed by atoms with Crippen LogP contribution in [-0.2, 0) is 4.74 Å². The van der Waals surface area contributed by atoms with E-state index in [0.717, 1.165) is 39.0 Å². The maximum atomic E-state index is 10.2. The molecule has 1 aliphatic rings. The number of thiophene rings is 1. The van der Waals surface area contributed by atoms with Gasteiger partial charge in [-0.1, -0.05) is 0 Å². The molecule has 1 N–H and O–H groups in total. The van der Waals surface area contributed by atoms with E-state index in [1.165, 1.54) is 0 Å². The van der Waals surface area contributed by atoms with Crippen LogP contribution >= 0.6 is 43.2 Å². The largest absolute Gasteiger partial charge is 0.388 e. The van der Waals surface area contributed by atoms with Crippen LogP contribution in [0.5, 0.6) is 0 Å². The van der Waals surface area contributed by atoms with Crippen molar-refractivity contribution in [1.29, 1.82) is 0 Å². The van der Waals surface area contributed by atoms with E-state index in [0.29, 0.717) is 12.0 Å². The molecule has 0 saturated heterocycles. The van der Waals surface area contributed by atoms with E-state index < -0.39 is 0 Å². The van der Waals surface area contributed by atoms with Crippen molar-refractivity contribution in [2.24, 2.45) is 5.92 Å². The predicted molar refractivity (Wildman–Crippen MR) is 77.4 cm³/mol. The van der Waals surface area contributed by atoms with Crippen molar-refractivity contribution in [2.45, 2.75) is 38.4 Å². The van der Waals surface area contributed by atoms with Crippen molar-refractivity contribution in [3.63, 3.8) is 0 Å². The van der Waals surface area contributed by atoms with Gasteiger partial charge in [0.25, 0.3) is 0 Å². The zero-order valence-corrected chi connectivity index (χ0v) is 13.6. The topological polar surface area (TPSA) is 29.5 Å². The molecule has 1 atom stereocenters. The standard InChI is InChI=1S/C12H16Br2O2S/c1-2-16-8-3-7(4-8)5-10(15)9-6-11(13)17-12(9)14/h6-8,10,15H,2-5H2,1H3. The lowest BCUT2D eigenvalue weighted by atomic mass is 9.78. The van der Waals surface area contributed by atoms with E-state index in [2.05, 4.69) is 31.9 Å². The molecule has 0 amide bonds. The Bertz CT molecular complexity index is 375. The Hall–Kier alpha value is 0.580. The van der Waals surface area contributed by atoms with Gasteiger partial charge in [-0.25, -0.2) is 0 Å². The summed E-state index contributed by atoms with van der Waals surface area (Å²) in [6.07, 6.45) is 3.09. The maximum absolute atomic E-state index is 10.2. The van der Waals surface area contributed by atoms with Crippen molar-refractivity contribution in [3.05, 3.63) is 19.2 Å². The molecule has 1 saturated carbocycles. The Balaban J connectivity index is 1.82. The highest BCUT2D eigenvalue weighted by Gasteiger charge is 2.31. The van der Waals surface area contributed by atoms with Crippen LogP contribution in [0, 0.1) is 5.92 Å². The number of rotatable bonds is 5. The van der Waals surface area contributed by atoms with Crippen molar-refractivity contribution in [3.8, 4) is 0 Å². The molecule has 2 rings (SSSR count). The summed E-state index contributed by atoms with van der Waals surface area (Å²) >= 11 is 8.53. The van der Waals surface area contributed by atoms with E-state index in [1.54, 1.807) is 11.3 Å². The van der Waals surface area contributed by atoms with Crippen LogP contribution in [0.4, 0.5) is 0 Å². The second-order valence-corrected chi connectivity index (χ2v) is 8.20. The number of aliphatic hydroxyl groups excluding tert-OH is 1. The number of hydrogen-bond acceptors (Lipinski definition) is 3. The van der Waals surface area contributed by atoms with Crippen LogP contribution in [0.25, 0.3) is 0 Å². The van der Waals surface area contributed by atoms with E-state index in [4.69, 9.17) is 4.74 Å². The molecule has 5 heteroatoms. The fraction of sp³-hybridized carbons (Fsp3) is 0.667. The normalized spacial score (nSPS) is 25.6. The van der Waals surface area contributed by atoms with Gasteiger partial charge in [-0.05, 0) is 70.0 Å². The number of aliphatic hydroxyl groups is 1. The first kappa shape index (κ1) is 14.0. The van der Waals surface area contributed by atoms with Crippen molar-refractivity contribution in [2.75, 3.05) is 6.61 Å². The molecular weight excluding hydrogens is 368 g/mol. The molecule has 0 bridgehead atoms. The molecule has 0 aliphatic heterocycles. The second kappa shape index (κ2) is 6.15. The van der Waals surface area contributed by atoms with Crippen LogP contribution in [0.1, 0.15) is 37.9 Å². The van der Waals surface area contributed by atoms with Crippen LogP contribution in [0.2, 0.25) is 0 Å². The molecule has 96 valence electrons. The minimum atomic E-state index is -0.362. The van der Waals surface area contributed by atoms with Crippen LogP contribution in [-0.4, -0.2) is 17.8 Å². The Morgan fingerprint density at radius 1 is 1.53 bits per heavy atom. The van der Waals surface area contributed by atoms with Gasteiger partial charge in [0.15, 0.2) is 0 Å². The lowest BCUT2D eigenvalue weighted by Crippen LogP contribution is -2.32. The zero-order valence-electron chi connectivity index (χ0n) is 9.66. The SMILES string of the molecule is CCOC1CC(CC(O)c2cc(Br)sc2Br)C1. The van der Waals surface area contributed by atoms with Crippen molar-refractivity contribution >= 4 is 43.2 Å². The van der Waals surface area contributed by atoms with E-state index >= 15 is 0 Å². The molecule has 0 radical (unpaired) electrons. The third kappa shape index (κ3) is 3.53. The van der Waals surface area contributed by atoms with Gasteiger partial charge in [0, 0.05) is 12.2 Å². The summed E-state index contributed by atoms with van der Waals surface area (Å²) in [6, 6.07) is 2.00. The molecule has 0 spiro atoms. The smallest absolute Gasteiger partial charge is 0.0812 e. The van der Waals surface area contributed by atoms with Crippen LogP contribution in [0.3, 0.4) is 0 Å². The minimum absolute atomic E-state index is 0.362. The summed E-state index contributed by atoms with van der Waals surface area (Å²) in [6.45, 7) is 2.82. The van der Waals surface area contributed by atoms with Gasteiger partial charge in [0.1, 0.15) is 0 Å². The summed E-state index contributed by atoms with van der Waals surface area (Å²) in [5.74, 6) is 0.604. The van der Waals surface area contributed by atoms with E-state index in [-0.39, 0.29) is 6.10 Å². The van der Waals surface area contributed by atoms with Crippen LogP contribution in [0.15, 0.2) is 13.6 Å². The van der Waals surface area contributed by atoms with Crippen LogP contribution < -0.4 is 0 Å². The van der Waals surface area contributed by atoms with Gasteiger partial charge in [-0.2, -0.15) is 0 Å². The Labute approximate surface area is 123 Å². The second-order valence-electron chi connectivity index (χ2n) is 4.45. The van der Waals surface area contributed by atoms with Gasteiger partial charge < -0.3 is 9.84 Å². The summed E-state index contributed by atoms with van der Waals surface area (Å²) < 4.78 is 7.61. The van der Waals surface area contributed by atoms with Gasteiger partial charge in [-0.15, -0.1) is 11.3 Å². The fourth-order valence-electron chi connectivity index (χ4n) is 2.26. The van der Waals surface area contributed by atoms with Gasteiger partial charge >= 0.3 is 0 Å². The van der Waals surface area contributed by atoms with Crippen molar-refractivity contribution < 1.29 is 9.84 Å². The lowest BCUT2D eigenvalue weighted by Gasteiger charge is -2.36. The molecule has 1 heterocycles.